The molecule has 0 aromatic heterocycles. The summed E-state index contributed by atoms with van der Waals surface area (Å²) in [6.07, 6.45) is 0. The summed E-state index contributed by atoms with van der Waals surface area (Å²) in [6, 6.07) is 0. The maximum absolute atomic E-state index is 7.89. The van der Waals surface area contributed by atoms with Gasteiger partial charge in [-0.25, -0.2) is 0 Å². The molecule has 0 bridgehead atoms. The summed E-state index contributed by atoms with van der Waals surface area (Å²) in [5, 5.41) is 0. The number of hydrogen-bond donors (Lipinski definition) is 3. The molecule has 0 aromatic carbocycles. The topological polar surface area (TPSA) is 85.8 Å². The summed E-state index contributed by atoms with van der Waals surface area (Å²) in [4.78, 5) is 23.7. The van der Waals surface area contributed by atoms with Crippen LogP contribution in [0, 0.1) is 0 Å². The maximum Gasteiger partial charge on any atom is 1.00 e. The van der Waals surface area contributed by atoms with Gasteiger partial charge in [0.25, 0.3) is 0 Å². The van der Waals surface area contributed by atoms with Gasteiger partial charge in [0.1, 0.15) is 0 Å². The van der Waals surface area contributed by atoms with E-state index in [1.165, 1.54) is 0 Å². The van der Waals surface area contributed by atoms with Crippen molar-refractivity contribution in [2.24, 2.45) is 0 Å². The molecule has 5 nitrogen and oxygen atoms in total. The standard InChI is InChI=1S/Na.H3O5P.H/c;1-6(2,3)4-5-6;/h;1-3H;/q+1;;-1. The van der Waals surface area contributed by atoms with Crippen molar-refractivity contribution in [3.05, 3.63) is 0 Å². The van der Waals surface area contributed by atoms with E-state index in [9.17, 15) is 0 Å². The van der Waals surface area contributed by atoms with Crippen molar-refractivity contribution in [2.45, 2.75) is 0 Å². The molecule has 0 saturated carbocycles. The molecule has 7 heteroatoms. The van der Waals surface area contributed by atoms with Crippen molar-refractivity contribution >= 4 is 7.74 Å². The van der Waals surface area contributed by atoms with Crippen LogP contribution in [0.1, 0.15) is 1.43 Å². The normalized spacial score (nSPS) is 36.7. The number of rotatable bonds is 0. The molecule has 7 heavy (non-hydrogen) atoms. The Morgan fingerprint density at radius 3 is 1.29 bits per heavy atom. The molecule has 1 heterocycles. The first-order valence-electron chi connectivity index (χ1n) is 1.13. The van der Waals surface area contributed by atoms with Gasteiger partial charge >= 0.3 is 61.3 Å². The summed E-state index contributed by atoms with van der Waals surface area (Å²) >= 11 is 0. The molecule has 1 aliphatic rings. The zero-order chi connectivity index (χ0) is 4.86. The Labute approximate surface area is 62.9 Å². The van der Waals surface area contributed by atoms with Gasteiger partial charge in [0.05, 0.1) is 0 Å². The van der Waals surface area contributed by atoms with Gasteiger partial charge in [0.15, 0.2) is 0 Å². The van der Waals surface area contributed by atoms with Crippen LogP contribution in [0.5, 0.6) is 0 Å². The van der Waals surface area contributed by atoms with E-state index >= 15 is 0 Å². The molecule has 1 aliphatic heterocycles. The summed E-state index contributed by atoms with van der Waals surface area (Å²) in [5.41, 5.74) is 0. The quantitative estimate of drug-likeness (QED) is 0.138. The molecule has 0 aromatic rings. The first-order chi connectivity index (χ1) is 2.47. The van der Waals surface area contributed by atoms with Crippen LogP contribution in [-0.2, 0) is 9.35 Å². The maximum atomic E-state index is 7.89. The summed E-state index contributed by atoms with van der Waals surface area (Å²) in [7, 11) is -4.80. The molecule has 0 spiro atoms. The van der Waals surface area contributed by atoms with Crippen molar-refractivity contribution in [1.29, 1.82) is 0 Å². The molecule has 0 atom stereocenters. The predicted octanol–water partition coefficient (Wildman–Crippen LogP) is -3.83. The summed E-state index contributed by atoms with van der Waals surface area (Å²) < 4.78 is 6.76. The second kappa shape index (κ2) is 1.60. The van der Waals surface area contributed by atoms with E-state index in [4.69, 9.17) is 14.7 Å². The smallest absolute Gasteiger partial charge is 1.00 e. The third-order valence-electron chi connectivity index (χ3n) is 0.275. The van der Waals surface area contributed by atoms with E-state index in [2.05, 4.69) is 9.35 Å². The van der Waals surface area contributed by atoms with Crippen LogP contribution in [0.2, 0.25) is 0 Å². The first-order valence-corrected chi connectivity index (χ1v) is 3.06. The largest absolute Gasteiger partial charge is 1.00 e. The Bertz CT molecular complexity index is 76.2. The van der Waals surface area contributed by atoms with Gasteiger partial charge in [0, 0.05) is 0 Å². The van der Waals surface area contributed by atoms with Crippen LogP contribution in [0.25, 0.3) is 0 Å². The Balaban J connectivity index is 0. The van der Waals surface area contributed by atoms with Crippen molar-refractivity contribution < 1.29 is 55.0 Å². The van der Waals surface area contributed by atoms with E-state index in [1.807, 2.05) is 0 Å². The molecule has 1 rings (SSSR count). The van der Waals surface area contributed by atoms with Gasteiger partial charge in [-0.3, -0.25) is 0 Å². The van der Waals surface area contributed by atoms with E-state index in [0.717, 1.165) is 0 Å². The molecule has 0 radical (unpaired) electrons. The zero-order valence-corrected chi connectivity index (χ0v) is 6.50. The van der Waals surface area contributed by atoms with Gasteiger partial charge in [-0.2, -0.15) is 0 Å². The first kappa shape index (κ1) is 8.23. The molecular weight excluding hydrogens is 134 g/mol. The Morgan fingerprint density at radius 2 is 1.29 bits per heavy atom. The molecule has 0 amide bonds. The molecule has 0 aliphatic carbocycles. The molecule has 40 valence electrons. The average molecular weight is 138 g/mol. The van der Waals surface area contributed by atoms with Crippen molar-refractivity contribution in [2.75, 3.05) is 0 Å². The van der Waals surface area contributed by atoms with Crippen molar-refractivity contribution in [3.8, 4) is 0 Å². The summed E-state index contributed by atoms with van der Waals surface area (Å²) in [6.45, 7) is 0. The third kappa shape index (κ3) is 2.92. The Morgan fingerprint density at radius 1 is 1.14 bits per heavy atom. The fourth-order valence-corrected chi connectivity index (χ4v) is 0.402. The second-order valence-corrected chi connectivity index (χ2v) is 2.95. The summed E-state index contributed by atoms with van der Waals surface area (Å²) in [5.74, 6) is 0. The minimum Gasteiger partial charge on any atom is -1.00 e. The van der Waals surface area contributed by atoms with Gasteiger partial charge in [-0.05, 0) is 0 Å². The van der Waals surface area contributed by atoms with Crippen molar-refractivity contribution in [3.63, 3.8) is 0 Å². The molecule has 0 unspecified atom stereocenters. The average Bonchev–Trinajstić information content (AvgIpc) is 1.73. The molecular formula is H4NaO5P. The molecule has 1 fully saturated rings. The van der Waals surface area contributed by atoms with Crippen LogP contribution in [0.15, 0.2) is 0 Å². The fraction of sp³-hybridized carbons (Fsp3) is 0. The minimum absolute atomic E-state index is 0. The van der Waals surface area contributed by atoms with Crippen molar-refractivity contribution in [1.82, 2.24) is 0 Å². The van der Waals surface area contributed by atoms with Crippen LogP contribution >= 0.6 is 7.74 Å². The van der Waals surface area contributed by atoms with Crippen LogP contribution in [0.4, 0.5) is 0 Å². The molecule has 3 N–H and O–H groups in total. The van der Waals surface area contributed by atoms with Gasteiger partial charge in [0.2, 0.25) is 0 Å². The van der Waals surface area contributed by atoms with E-state index < -0.39 is 7.74 Å². The monoisotopic (exact) mass is 138 g/mol. The van der Waals surface area contributed by atoms with Gasteiger partial charge < -0.3 is 1.43 Å². The number of hydrogen-bond acceptors (Lipinski definition) is 5. The zero-order valence-electron chi connectivity index (χ0n) is 4.61. The van der Waals surface area contributed by atoms with Gasteiger partial charge in [-0.1, -0.05) is 0 Å². The van der Waals surface area contributed by atoms with Crippen LogP contribution in [-0.4, -0.2) is 14.7 Å². The Hall–Kier alpha value is 1.23. The van der Waals surface area contributed by atoms with E-state index in [0.29, 0.717) is 0 Å². The fourth-order valence-electron chi connectivity index (χ4n) is 0.0447. The van der Waals surface area contributed by atoms with E-state index in [1.54, 1.807) is 0 Å². The SMILES string of the molecule is OP1(O)(O)OO1.[H-].[Na+]. The van der Waals surface area contributed by atoms with Crippen LogP contribution < -0.4 is 29.6 Å². The third-order valence-corrected chi connectivity index (χ3v) is 0.824. The van der Waals surface area contributed by atoms with E-state index in [-0.39, 0.29) is 31.0 Å². The van der Waals surface area contributed by atoms with Crippen LogP contribution in [0.3, 0.4) is 0 Å². The Kier molecular flexibility index (Phi) is 1.88. The molecule has 1 saturated heterocycles. The predicted molar refractivity (Wildman–Crippen MR) is 16.9 cm³/mol. The van der Waals surface area contributed by atoms with Gasteiger partial charge in [-0.15, -0.1) is 0 Å². The minimum atomic E-state index is -4.80. The second-order valence-electron chi connectivity index (χ2n) is 0.982.